The Labute approximate surface area is 102 Å². The van der Waals surface area contributed by atoms with Crippen LogP contribution >= 0.6 is 0 Å². The Hall–Kier alpha value is -1.57. The molecule has 2 nitrogen and oxygen atoms in total. The molecule has 2 aliphatic rings. The number of carbonyl (C=O) groups excluding carboxylic acids is 1. The number of rotatable bonds is 0. The number of benzene rings is 1. The van der Waals surface area contributed by atoms with Crippen LogP contribution < -0.4 is 4.90 Å². The van der Waals surface area contributed by atoms with E-state index in [1.54, 1.807) is 6.08 Å². The molecule has 2 atom stereocenters. The molecule has 0 radical (unpaired) electrons. The number of fused-ring (bicyclic) bond motifs is 3. The summed E-state index contributed by atoms with van der Waals surface area (Å²) in [4.78, 5) is 13.8. The molecule has 0 spiro atoms. The average molecular weight is 227 g/mol. The summed E-state index contributed by atoms with van der Waals surface area (Å²) in [5, 5.41) is 0. The molecule has 2 heterocycles. The molecule has 0 N–H and O–H groups in total. The van der Waals surface area contributed by atoms with E-state index in [0.717, 1.165) is 6.42 Å². The molecule has 1 aromatic carbocycles. The first-order chi connectivity index (χ1) is 8.15. The van der Waals surface area contributed by atoms with Crippen LogP contribution in [-0.4, -0.2) is 11.8 Å². The summed E-state index contributed by atoms with van der Waals surface area (Å²) in [7, 11) is 0. The lowest BCUT2D eigenvalue weighted by atomic mass is 9.83. The van der Waals surface area contributed by atoms with Gasteiger partial charge in [0.1, 0.15) is 0 Å². The lowest BCUT2D eigenvalue weighted by Crippen LogP contribution is -2.40. The van der Waals surface area contributed by atoms with Gasteiger partial charge in [0.05, 0.1) is 0 Å². The number of hydrogen-bond donors (Lipinski definition) is 0. The number of anilines is 1. The summed E-state index contributed by atoms with van der Waals surface area (Å²) in [6.07, 6.45) is 5.40. The van der Waals surface area contributed by atoms with E-state index in [2.05, 4.69) is 36.9 Å². The molecule has 0 unspecified atom stereocenters. The third-order valence-electron chi connectivity index (χ3n) is 3.87. The number of ketones is 1. The van der Waals surface area contributed by atoms with Crippen molar-refractivity contribution in [3.05, 3.63) is 41.6 Å². The van der Waals surface area contributed by atoms with E-state index < -0.39 is 0 Å². The monoisotopic (exact) mass is 227 g/mol. The van der Waals surface area contributed by atoms with Crippen molar-refractivity contribution in [2.45, 2.75) is 38.6 Å². The van der Waals surface area contributed by atoms with E-state index in [0.29, 0.717) is 18.4 Å². The van der Waals surface area contributed by atoms with Crippen LogP contribution in [0.25, 0.3) is 0 Å². The standard InChI is InChI=1S/C15H17NO/c1-10-3-4-15-14(7-10)11(2)8-12-9-13(17)5-6-16(12)15/h3-7,11-12H,8-9H2,1-2H3/t11-,12+/m1/s1. The van der Waals surface area contributed by atoms with Crippen molar-refractivity contribution in [1.29, 1.82) is 0 Å². The smallest absolute Gasteiger partial charge is 0.159 e. The molecule has 0 aromatic heterocycles. The van der Waals surface area contributed by atoms with Gasteiger partial charge >= 0.3 is 0 Å². The molecule has 0 aliphatic carbocycles. The summed E-state index contributed by atoms with van der Waals surface area (Å²) >= 11 is 0. The second-order valence-electron chi connectivity index (χ2n) is 5.25. The van der Waals surface area contributed by atoms with Gasteiger partial charge in [-0.15, -0.1) is 0 Å². The van der Waals surface area contributed by atoms with Gasteiger partial charge in [-0.2, -0.15) is 0 Å². The first-order valence-corrected chi connectivity index (χ1v) is 6.25. The quantitative estimate of drug-likeness (QED) is 0.678. The molecule has 0 amide bonds. The predicted molar refractivity (Wildman–Crippen MR) is 69.2 cm³/mol. The van der Waals surface area contributed by atoms with Gasteiger partial charge in [-0.1, -0.05) is 24.6 Å². The highest BCUT2D eigenvalue weighted by atomic mass is 16.1. The minimum absolute atomic E-state index is 0.258. The van der Waals surface area contributed by atoms with Crippen LogP contribution in [0.4, 0.5) is 5.69 Å². The first kappa shape index (κ1) is 10.6. The van der Waals surface area contributed by atoms with Gasteiger partial charge in [-0.3, -0.25) is 4.79 Å². The lowest BCUT2D eigenvalue weighted by molar-refractivity contribution is -0.115. The maximum absolute atomic E-state index is 11.5. The minimum atomic E-state index is 0.258. The van der Waals surface area contributed by atoms with Crippen molar-refractivity contribution in [2.24, 2.45) is 0 Å². The van der Waals surface area contributed by atoms with E-state index in [9.17, 15) is 4.79 Å². The van der Waals surface area contributed by atoms with Gasteiger partial charge in [0.2, 0.25) is 0 Å². The summed E-state index contributed by atoms with van der Waals surface area (Å²) in [6, 6.07) is 6.98. The second-order valence-corrected chi connectivity index (χ2v) is 5.25. The van der Waals surface area contributed by atoms with Crippen LogP contribution in [0.2, 0.25) is 0 Å². The van der Waals surface area contributed by atoms with Gasteiger partial charge in [0, 0.05) is 24.4 Å². The van der Waals surface area contributed by atoms with E-state index >= 15 is 0 Å². The topological polar surface area (TPSA) is 20.3 Å². The van der Waals surface area contributed by atoms with Crippen molar-refractivity contribution in [3.8, 4) is 0 Å². The van der Waals surface area contributed by atoms with Crippen LogP contribution in [0.15, 0.2) is 30.5 Å². The Morgan fingerprint density at radius 3 is 3.00 bits per heavy atom. The Balaban J connectivity index is 2.10. The summed E-state index contributed by atoms with van der Waals surface area (Å²) < 4.78 is 0. The highest BCUT2D eigenvalue weighted by Gasteiger charge is 2.32. The van der Waals surface area contributed by atoms with Gasteiger partial charge in [-0.25, -0.2) is 0 Å². The highest BCUT2D eigenvalue weighted by Crippen LogP contribution is 2.40. The fourth-order valence-electron chi connectivity index (χ4n) is 3.00. The maximum atomic E-state index is 11.5. The Morgan fingerprint density at radius 2 is 2.18 bits per heavy atom. The van der Waals surface area contributed by atoms with Crippen LogP contribution in [0.1, 0.15) is 36.8 Å². The van der Waals surface area contributed by atoms with E-state index in [-0.39, 0.29) is 5.78 Å². The van der Waals surface area contributed by atoms with Gasteiger partial charge in [0.15, 0.2) is 5.78 Å². The molecule has 0 bridgehead atoms. The van der Waals surface area contributed by atoms with Crippen LogP contribution in [0, 0.1) is 6.92 Å². The van der Waals surface area contributed by atoms with Crippen LogP contribution in [0.3, 0.4) is 0 Å². The molecule has 17 heavy (non-hydrogen) atoms. The van der Waals surface area contributed by atoms with Crippen molar-refractivity contribution >= 4 is 11.5 Å². The SMILES string of the molecule is Cc1ccc2c(c1)[C@H](C)C[C@H]1CC(=O)C=CN21. The van der Waals surface area contributed by atoms with Crippen LogP contribution in [-0.2, 0) is 4.79 Å². The fourth-order valence-corrected chi connectivity index (χ4v) is 3.00. The normalized spacial score (nSPS) is 26.7. The fraction of sp³-hybridized carbons (Fsp3) is 0.400. The number of nitrogens with zero attached hydrogens (tertiary/aromatic N) is 1. The largest absolute Gasteiger partial charge is 0.344 e. The first-order valence-electron chi connectivity index (χ1n) is 6.25. The zero-order chi connectivity index (χ0) is 12.0. The molecule has 1 aromatic rings. The van der Waals surface area contributed by atoms with Crippen LogP contribution in [0.5, 0.6) is 0 Å². The Bertz CT molecular complexity index is 504. The van der Waals surface area contributed by atoms with Crippen molar-refractivity contribution < 1.29 is 4.79 Å². The van der Waals surface area contributed by atoms with Gasteiger partial charge in [-0.05, 0) is 37.0 Å². The van der Waals surface area contributed by atoms with Crippen molar-refractivity contribution in [2.75, 3.05) is 4.90 Å². The number of hydrogen-bond acceptors (Lipinski definition) is 2. The average Bonchev–Trinajstić information content (AvgIpc) is 2.29. The Kier molecular flexibility index (Phi) is 2.32. The number of aryl methyl sites for hydroxylation is 1. The number of allylic oxidation sites excluding steroid dienone is 1. The zero-order valence-electron chi connectivity index (χ0n) is 10.3. The van der Waals surface area contributed by atoms with Gasteiger partial charge < -0.3 is 4.90 Å². The zero-order valence-corrected chi connectivity index (χ0v) is 10.3. The molecule has 2 aliphatic heterocycles. The third-order valence-corrected chi connectivity index (χ3v) is 3.87. The molecule has 2 heteroatoms. The van der Waals surface area contributed by atoms with Crippen molar-refractivity contribution in [3.63, 3.8) is 0 Å². The summed E-state index contributed by atoms with van der Waals surface area (Å²) in [6.45, 7) is 4.40. The van der Waals surface area contributed by atoms with Crippen molar-refractivity contribution in [1.82, 2.24) is 0 Å². The molecule has 0 fully saturated rings. The molecular formula is C15H17NO. The second kappa shape index (κ2) is 3.73. The molecule has 88 valence electrons. The van der Waals surface area contributed by atoms with E-state index in [4.69, 9.17) is 0 Å². The highest BCUT2D eigenvalue weighted by molar-refractivity contribution is 5.92. The summed E-state index contributed by atoms with van der Waals surface area (Å²) in [5.74, 6) is 0.805. The molecule has 3 rings (SSSR count). The molecular weight excluding hydrogens is 210 g/mol. The molecule has 0 saturated heterocycles. The molecule has 0 saturated carbocycles. The maximum Gasteiger partial charge on any atom is 0.159 e. The lowest BCUT2D eigenvalue weighted by Gasteiger charge is -2.41. The summed E-state index contributed by atoms with van der Waals surface area (Å²) in [5.41, 5.74) is 4.01. The predicted octanol–water partition coefficient (Wildman–Crippen LogP) is 3.16. The number of carbonyl (C=O) groups is 1. The van der Waals surface area contributed by atoms with E-state index in [1.807, 2.05) is 6.20 Å². The third kappa shape index (κ3) is 1.68. The van der Waals surface area contributed by atoms with Gasteiger partial charge in [0.25, 0.3) is 0 Å². The minimum Gasteiger partial charge on any atom is -0.344 e. The Morgan fingerprint density at radius 1 is 1.35 bits per heavy atom. The van der Waals surface area contributed by atoms with E-state index in [1.165, 1.54) is 16.8 Å².